The number of rotatable bonds is 13. The molecule has 2 aromatic rings. The minimum absolute atomic E-state index is 0.00409. The number of benzene rings is 2. The van der Waals surface area contributed by atoms with Crippen LogP contribution in [-0.4, -0.2) is 57.1 Å². The van der Waals surface area contributed by atoms with Crippen molar-refractivity contribution in [2.24, 2.45) is 0 Å². The largest absolute Gasteiger partial charge is 0.497 e. The van der Waals surface area contributed by atoms with Crippen molar-refractivity contribution in [3.63, 3.8) is 0 Å². The smallest absolute Gasteiger partial charge is 0.242 e. The van der Waals surface area contributed by atoms with Gasteiger partial charge in [-0.2, -0.15) is 0 Å². The fourth-order valence-electron chi connectivity index (χ4n) is 3.63. The Bertz CT molecular complexity index is 1120. The molecule has 0 unspecified atom stereocenters. The summed E-state index contributed by atoms with van der Waals surface area (Å²) in [5.74, 6) is 0.184. The Morgan fingerprint density at radius 3 is 2.33 bits per heavy atom. The van der Waals surface area contributed by atoms with Crippen LogP contribution in [0.1, 0.15) is 45.6 Å². The van der Waals surface area contributed by atoms with Gasteiger partial charge in [0, 0.05) is 30.0 Å². The molecular weight excluding hydrogens is 546 g/mol. The van der Waals surface area contributed by atoms with Crippen molar-refractivity contribution in [3.8, 4) is 5.75 Å². The zero-order chi connectivity index (χ0) is 26.9. The fraction of sp³-hybridized carbons (Fsp3) is 0.462. The Kier molecular flexibility index (Phi) is 11.2. The van der Waals surface area contributed by atoms with E-state index in [0.29, 0.717) is 17.9 Å². The van der Waals surface area contributed by atoms with Gasteiger partial charge in [-0.3, -0.25) is 13.9 Å². The molecule has 36 heavy (non-hydrogen) atoms. The summed E-state index contributed by atoms with van der Waals surface area (Å²) in [6.45, 7) is 6.02. The molecule has 0 aliphatic rings. The molecule has 0 saturated heterocycles. The highest BCUT2D eigenvalue weighted by atomic mass is 79.9. The van der Waals surface area contributed by atoms with Crippen LogP contribution in [0.25, 0.3) is 0 Å². The molecule has 0 spiro atoms. The lowest BCUT2D eigenvalue weighted by atomic mass is 10.1. The lowest BCUT2D eigenvalue weighted by Crippen LogP contribution is -2.49. The number of nitrogens with zero attached hydrogens (tertiary/aromatic N) is 2. The van der Waals surface area contributed by atoms with Gasteiger partial charge in [0.25, 0.3) is 0 Å². The lowest BCUT2D eigenvalue weighted by molar-refractivity contribution is -0.140. The number of nitrogens with one attached hydrogen (secondary N) is 1. The second-order valence-electron chi connectivity index (χ2n) is 8.78. The van der Waals surface area contributed by atoms with Crippen molar-refractivity contribution in [3.05, 3.63) is 58.6 Å². The standard InChI is InChI=1S/C26H36BrN3O5S/c1-6-19(2)28-26(32)20(3)29(18-21-9-7-10-22(27)17-21)25(31)11-8-16-30(36(5,33)34)23-12-14-24(35-4)15-13-23/h7,9-10,12-15,17,19-20H,6,8,11,16,18H2,1-5H3,(H,28,32)/t19-,20+/m0/s1. The van der Waals surface area contributed by atoms with Crippen LogP contribution in [0.4, 0.5) is 5.69 Å². The number of amides is 2. The Balaban J connectivity index is 2.17. The van der Waals surface area contributed by atoms with E-state index >= 15 is 0 Å². The highest BCUT2D eigenvalue weighted by molar-refractivity contribution is 9.10. The van der Waals surface area contributed by atoms with E-state index < -0.39 is 16.1 Å². The summed E-state index contributed by atoms with van der Waals surface area (Å²) in [5, 5.41) is 2.95. The number of hydrogen-bond donors (Lipinski definition) is 1. The number of carbonyl (C=O) groups is 2. The fourth-order valence-corrected chi connectivity index (χ4v) is 5.04. The number of anilines is 1. The highest BCUT2D eigenvalue weighted by Crippen LogP contribution is 2.22. The van der Waals surface area contributed by atoms with Gasteiger partial charge in [-0.25, -0.2) is 8.42 Å². The first-order chi connectivity index (χ1) is 17.0. The normalized spacial score (nSPS) is 12.9. The van der Waals surface area contributed by atoms with Gasteiger partial charge in [-0.1, -0.05) is 35.0 Å². The number of ether oxygens (including phenoxy) is 1. The number of halogens is 1. The Morgan fingerprint density at radius 2 is 1.78 bits per heavy atom. The van der Waals surface area contributed by atoms with Gasteiger partial charge in [0.15, 0.2) is 0 Å². The van der Waals surface area contributed by atoms with Gasteiger partial charge < -0.3 is 15.0 Å². The van der Waals surface area contributed by atoms with E-state index in [0.717, 1.165) is 22.7 Å². The molecule has 2 aromatic carbocycles. The van der Waals surface area contributed by atoms with Crippen LogP contribution in [-0.2, 0) is 26.2 Å². The first-order valence-electron chi connectivity index (χ1n) is 11.9. The lowest BCUT2D eigenvalue weighted by Gasteiger charge is -2.30. The SMILES string of the molecule is CC[C@H](C)NC(=O)[C@@H](C)N(Cc1cccc(Br)c1)C(=O)CCCN(c1ccc(OC)cc1)S(C)(=O)=O. The minimum atomic E-state index is -3.56. The molecule has 0 radical (unpaired) electrons. The molecule has 0 aliphatic carbocycles. The van der Waals surface area contributed by atoms with E-state index in [2.05, 4.69) is 21.2 Å². The van der Waals surface area contributed by atoms with Crippen molar-refractivity contribution < 1.29 is 22.7 Å². The molecule has 0 bridgehead atoms. The number of sulfonamides is 1. The molecule has 1 N–H and O–H groups in total. The summed E-state index contributed by atoms with van der Waals surface area (Å²) >= 11 is 3.45. The van der Waals surface area contributed by atoms with E-state index in [9.17, 15) is 18.0 Å². The third kappa shape index (κ3) is 8.81. The van der Waals surface area contributed by atoms with Crippen molar-refractivity contribution in [1.82, 2.24) is 10.2 Å². The maximum Gasteiger partial charge on any atom is 0.242 e. The van der Waals surface area contributed by atoms with Crippen LogP contribution in [0, 0.1) is 0 Å². The maximum atomic E-state index is 13.3. The second-order valence-corrected chi connectivity index (χ2v) is 11.6. The summed E-state index contributed by atoms with van der Waals surface area (Å²) in [6.07, 6.45) is 2.31. The monoisotopic (exact) mass is 581 g/mol. The molecule has 8 nitrogen and oxygen atoms in total. The summed E-state index contributed by atoms with van der Waals surface area (Å²) in [6, 6.07) is 13.6. The van der Waals surface area contributed by atoms with Crippen LogP contribution in [0.2, 0.25) is 0 Å². The first kappa shape index (κ1) is 29.6. The van der Waals surface area contributed by atoms with Crippen molar-refractivity contribution in [2.45, 2.75) is 58.7 Å². The molecule has 2 atom stereocenters. The summed E-state index contributed by atoms with van der Waals surface area (Å²) in [7, 11) is -2.02. The third-order valence-electron chi connectivity index (χ3n) is 5.92. The van der Waals surface area contributed by atoms with Crippen molar-refractivity contribution in [1.29, 1.82) is 0 Å². The first-order valence-corrected chi connectivity index (χ1v) is 14.6. The highest BCUT2D eigenvalue weighted by Gasteiger charge is 2.27. The molecule has 10 heteroatoms. The maximum absolute atomic E-state index is 13.3. The van der Waals surface area contributed by atoms with E-state index in [1.54, 1.807) is 43.2 Å². The minimum Gasteiger partial charge on any atom is -0.497 e. The second kappa shape index (κ2) is 13.6. The van der Waals surface area contributed by atoms with E-state index in [1.165, 1.54) is 4.31 Å². The summed E-state index contributed by atoms with van der Waals surface area (Å²) in [4.78, 5) is 27.7. The third-order valence-corrected chi connectivity index (χ3v) is 7.61. The topological polar surface area (TPSA) is 96.0 Å². The van der Waals surface area contributed by atoms with Gasteiger partial charge >= 0.3 is 0 Å². The van der Waals surface area contributed by atoms with Crippen LogP contribution in [0.15, 0.2) is 53.0 Å². The molecule has 2 rings (SSSR count). The zero-order valence-electron chi connectivity index (χ0n) is 21.5. The summed E-state index contributed by atoms with van der Waals surface area (Å²) in [5.41, 5.74) is 1.38. The van der Waals surface area contributed by atoms with Gasteiger partial charge in [0.2, 0.25) is 21.8 Å². The van der Waals surface area contributed by atoms with Crippen molar-refractivity contribution in [2.75, 3.05) is 24.2 Å². The van der Waals surface area contributed by atoms with Gasteiger partial charge in [-0.05, 0) is 68.7 Å². The Morgan fingerprint density at radius 1 is 1.11 bits per heavy atom. The van der Waals surface area contributed by atoms with Gasteiger partial charge in [-0.15, -0.1) is 0 Å². The summed E-state index contributed by atoms with van der Waals surface area (Å²) < 4.78 is 32.2. The van der Waals surface area contributed by atoms with Crippen LogP contribution in [0.5, 0.6) is 5.75 Å². The van der Waals surface area contributed by atoms with Crippen molar-refractivity contribution >= 4 is 43.5 Å². The average Bonchev–Trinajstić information content (AvgIpc) is 2.83. The van der Waals surface area contributed by atoms with E-state index in [1.807, 2.05) is 38.1 Å². The van der Waals surface area contributed by atoms with Crippen LogP contribution < -0.4 is 14.4 Å². The molecule has 2 amide bonds. The zero-order valence-corrected chi connectivity index (χ0v) is 23.9. The predicted molar refractivity (Wildman–Crippen MR) is 146 cm³/mol. The van der Waals surface area contributed by atoms with E-state index in [-0.39, 0.29) is 37.4 Å². The quantitative estimate of drug-likeness (QED) is 0.379. The molecular formula is C26H36BrN3O5S. The number of carbonyl (C=O) groups excluding carboxylic acids is 2. The van der Waals surface area contributed by atoms with Crippen LogP contribution in [0.3, 0.4) is 0 Å². The van der Waals surface area contributed by atoms with E-state index in [4.69, 9.17) is 4.74 Å². The van der Waals surface area contributed by atoms with Crippen LogP contribution >= 0.6 is 15.9 Å². The predicted octanol–water partition coefficient (Wildman–Crippen LogP) is 4.34. The molecule has 0 saturated carbocycles. The molecule has 0 fully saturated rings. The average molecular weight is 583 g/mol. The number of methoxy groups -OCH3 is 1. The number of hydrogen-bond acceptors (Lipinski definition) is 5. The molecule has 0 aliphatic heterocycles. The molecule has 0 heterocycles. The molecule has 0 aromatic heterocycles. The van der Waals surface area contributed by atoms with Gasteiger partial charge in [0.05, 0.1) is 19.1 Å². The molecule has 198 valence electrons. The Hall–Kier alpha value is -2.59. The van der Waals surface area contributed by atoms with Gasteiger partial charge in [0.1, 0.15) is 11.8 Å². The Labute approximate surface area is 223 Å².